The number of amides is 3. The Morgan fingerprint density at radius 3 is 2.42 bits per heavy atom. The largest absolute Gasteiger partial charge is 1.00 e. The first-order chi connectivity index (χ1) is 20.2. The third kappa shape index (κ3) is 10.1. The van der Waals surface area contributed by atoms with Gasteiger partial charge in [-0.2, -0.15) is 0 Å². The lowest BCUT2D eigenvalue weighted by atomic mass is 10.1. The van der Waals surface area contributed by atoms with Crippen LogP contribution in [0.2, 0.25) is 5.02 Å². The molecule has 0 saturated carbocycles. The van der Waals surface area contributed by atoms with E-state index in [9.17, 15) is 14.4 Å². The van der Waals surface area contributed by atoms with Gasteiger partial charge in [-0.15, -0.1) is 0 Å². The Morgan fingerprint density at radius 2 is 1.67 bits per heavy atom. The Kier molecular flexibility index (Phi) is 13.0. The summed E-state index contributed by atoms with van der Waals surface area (Å²) < 4.78 is 13.7. The van der Waals surface area contributed by atoms with E-state index >= 15 is 0 Å². The maximum atomic E-state index is 13.0. The van der Waals surface area contributed by atoms with E-state index in [2.05, 4.69) is 38.8 Å². The first-order valence-electron chi connectivity index (χ1n) is 13.4. The van der Waals surface area contributed by atoms with Gasteiger partial charge in [0.1, 0.15) is 18.2 Å². The highest BCUT2D eigenvalue weighted by atomic mass is 127. The predicted octanol–water partition coefficient (Wildman–Crippen LogP) is 3.75. The number of aromatic nitrogens is 1. The Morgan fingerprint density at radius 1 is 0.953 bits per heavy atom. The molecule has 226 valence electrons. The topological polar surface area (TPSA) is 110 Å². The van der Waals surface area contributed by atoms with Crippen LogP contribution in [0.4, 0.5) is 15.3 Å². The van der Waals surface area contributed by atoms with Crippen molar-refractivity contribution in [3.8, 4) is 0 Å². The Balaban J connectivity index is 0.00000506. The van der Waals surface area contributed by atoms with Gasteiger partial charge >= 0.3 is 12.2 Å². The van der Waals surface area contributed by atoms with E-state index in [1.807, 2.05) is 47.2 Å². The van der Waals surface area contributed by atoms with Crippen molar-refractivity contribution in [2.45, 2.75) is 39.1 Å². The zero-order chi connectivity index (χ0) is 30.1. The molecule has 2 unspecified atom stereocenters. The highest BCUT2D eigenvalue weighted by Crippen LogP contribution is 2.23. The Hall–Kier alpha value is -3.42. The molecular formula is C31H31BrClIN4O5. The molecule has 0 saturated heterocycles. The standard InChI is InChI=1S/C31H30BrClN4O5.HI/c1-3-15-37-18-23(16-24(32)19-37)29(38)34-17-28(22-11-13-25(33)14-12-22)42-30(39)35-20(2)41-31(40)36-27-10-6-8-21-7-4-5-9-26(21)27;/h4-14,16,18-20,28H,3,15,17H2,1-2H3,(H2-,34,35,36,38,39,40);1H. The summed E-state index contributed by atoms with van der Waals surface area (Å²) in [5.74, 6) is -0.328. The fourth-order valence-electron chi connectivity index (χ4n) is 4.29. The van der Waals surface area contributed by atoms with Gasteiger partial charge in [0.25, 0.3) is 5.91 Å². The number of pyridine rings is 1. The van der Waals surface area contributed by atoms with E-state index in [4.69, 9.17) is 21.1 Å². The van der Waals surface area contributed by atoms with Gasteiger partial charge in [-0.25, -0.2) is 14.2 Å². The molecule has 0 aliphatic heterocycles. The maximum Gasteiger partial charge on any atom is 0.413 e. The molecule has 0 fully saturated rings. The molecule has 0 bridgehead atoms. The molecule has 12 heteroatoms. The molecule has 3 amide bonds. The average Bonchev–Trinajstić information content (AvgIpc) is 2.95. The number of rotatable bonds is 10. The first kappa shape index (κ1) is 34.1. The number of halogens is 3. The molecule has 1 aromatic heterocycles. The zero-order valence-electron chi connectivity index (χ0n) is 23.5. The lowest BCUT2D eigenvalue weighted by molar-refractivity contribution is -0.697. The van der Waals surface area contributed by atoms with E-state index in [0.29, 0.717) is 21.8 Å². The number of nitrogens with zero attached hydrogens (tertiary/aromatic N) is 1. The molecule has 3 aromatic carbocycles. The van der Waals surface area contributed by atoms with Gasteiger partial charge in [0.15, 0.2) is 18.6 Å². The normalized spacial score (nSPS) is 11.9. The van der Waals surface area contributed by atoms with Gasteiger partial charge in [-0.05, 0) is 58.1 Å². The molecule has 9 nitrogen and oxygen atoms in total. The van der Waals surface area contributed by atoms with Crippen LogP contribution >= 0.6 is 27.5 Å². The van der Waals surface area contributed by atoms with Gasteiger partial charge in [0, 0.05) is 16.8 Å². The number of carbonyl (C=O) groups excluding carboxylic acids is 3. The Bertz CT molecular complexity index is 1570. The fourth-order valence-corrected chi connectivity index (χ4v) is 4.93. The van der Waals surface area contributed by atoms with Crippen LogP contribution in [0.1, 0.15) is 42.3 Å². The van der Waals surface area contributed by atoms with Crippen LogP contribution in [-0.4, -0.2) is 30.9 Å². The summed E-state index contributed by atoms with van der Waals surface area (Å²) in [6, 6.07) is 21.6. The summed E-state index contributed by atoms with van der Waals surface area (Å²) in [7, 11) is 0. The molecule has 3 N–H and O–H groups in total. The SMILES string of the molecule is CCC[n+]1cc(Br)cc(C(=O)NCC(OC(=O)NC(C)OC(=O)Nc2cccc3ccccc23)c2ccc(Cl)cc2)c1.[I-]. The second kappa shape index (κ2) is 16.4. The molecule has 0 aliphatic rings. The van der Waals surface area contributed by atoms with Crippen molar-refractivity contribution in [3.63, 3.8) is 0 Å². The minimum atomic E-state index is -1.01. The predicted molar refractivity (Wildman–Crippen MR) is 164 cm³/mol. The maximum absolute atomic E-state index is 13.0. The lowest BCUT2D eigenvalue weighted by Crippen LogP contribution is -3.00. The van der Waals surface area contributed by atoms with Crippen LogP contribution in [0.15, 0.2) is 89.7 Å². The lowest BCUT2D eigenvalue weighted by Gasteiger charge is -2.21. The number of aryl methyl sites for hydroxylation is 1. The second-order valence-electron chi connectivity index (χ2n) is 9.48. The molecule has 0 aliphatic carbocycles. The molecule has 2 atom stereocenters. The number of hydrogen-bond donors (Lipinski definition) is 3. The molecule has 0 spiro atoms. The number of anilines is 1. The third-order valence-corrected chi connectivity index (χ3v) is 6.89. The number of ether oxygens (including phenoxy) is 2. The van der Waals surface area contributed by atoms with E-state index in [1.165, 1.54) is 6.92 Å². The molecule has 43 heavy (non-hydrogen) atoms. The van der Waals surface area contributed by atoms with Crippen LogP contribution in [0.3, 0.4) is 0 Å². The van der Waals surface area contributed by atoms with Gasteiger partial charge < -0.3 is 38.8 Å². The van der Waals surface area contributed by atoms with Crippen LogP contribution in [0, 0.1) is 0 Å². The van der Waals surface area contributed by atoms with E-state index in [-0.39, 0.29) is 36.4 Å². The molecule has 4 rings (SSSR count). The fraction of sp³-hybridized carbons (Fsp3) is 0.226. The Labute approximate surface area is 280 Å². The van der Waals surface area contributed by atoms with Crippen molar-refractivity contribution in [1.29, 1.82) is 0 Å². The summed E-state index contributed by atoms with van der Waals surface area (Å²) >= 11 is 9.49. The van der Waals surface area contributed by atoms with Crippen molar-refractivity contribution in [3.05, 3.63) is 106 Å². The number of alkyl carbamates (subject to hydrolysis) is 1. The summed E-state index contributed by atoms with van der Waals surface area (Å²) in [5.41, 5.74) is 1.65. The van der Waals surface area contributed by atoms with Gasteiger partial charge in [-0.1, -0.05) is 67.1 Å². The summed E-state index contributed by atoms with van der Waals surface area (Å²) in [6.07, 6.45) is 1.14. The van der Waals surface area contributed by atoms with Crippen LogP contribution in [0.25, 0.3) is 10.8 Å². The van der Waals surface area contributed by atoms with Gasteiger partial charge in [0.05, 0.1) is 16.7 Å². The summed E-state index contributed by atoms with van der Waals surface area (Å²) in [4.78, 5) is 38.3. The second-order valence-corrected chi connectivity index (χ2v) is 10.8. The number of nitrogens with one attached hydrogen (secondary N) is 3. The minimum absolute atomic E-state index is 0. The van der Waals surface area contributed by atoms with E-state index < -0.39 is 24.5 Å². The van der Waals surface area contributed by atoms with Crippen LogP contribution in [0.5, 0.6) is 0 Å². The highest BCUT2D eigenvalue weighted by molar-refractivity contribution is 9.10. The van der Waals surface area contributed by atoms with E-state index in [0.717, 1.165) is 28.2 Å². The highest BCUT2D eigenvalue weighted by Gasteiger charge is 2.22. The van der Waals surface area contributed by atoms with Crippen molar-refractivity contribution in [2.24, 2.45) is 0 Å². The average molecular weight is 782 g/mol. The van der Waals surface area contributed by atoms with Crippen molar-refractivity contribution in [1.82, 2.24) is 10.6 Å². The smallest absolute Gasteiger partial charge is 0.413 e. The summed E-state index contributed by atoms with van der Waals surface area (Å²) in [5, 5.41) is 10.4. The number of carbonyl (C=O) groups is 3. The molecule has 4 aromatic rings. The third-order valence-electron chi connectivity index (χ3n) is 6.20. The van der Waals surface area contributed by atoms with Gasteiger partial charge in [0.2, 0.25) is 0 Å². The number of benzene rings is 3. The zero-order valence-corrected chi connectivity index (χ0v) is 28.0. The number of hydrogen-bond acceptors (Lipinski definition) is 5. The number of fused-ring (bicyclic) bond motifs is 1. The minimum Gasteiger partial charge on any atom is -1.00 e. The first-order valence-corrected chi connectivity index (χ1v) is 14.5. The molecule has 0 radical (unpaired) electrons. The molecular weight excluding hydrogens is 751 g/mol. The van der Waals surface area contributed by atoms with Gasteiger partial charge in [-0.3, -0.25) is 15.4 Å². The van der Waals surface area contributed by atoms with Crippen molar-refractivity contribution >= 4 is 62.1 Å². The summed E-state index contributed by atoms with van der Waals surface area (Å²) in [6.45, 7) is 4.31. The quantitative estimate of drug-likeness (QED) is 0.129. The van der Waals surface area contributed by atoms with E-state index in [1.54, 1.807) is 42.6 Å². The van der Waals surface area contributed by atoms with Crippen molar-refractivity contribution in [2.75, 3.05) is 11.9 Å². The van der Waals surface area contributed by atoms with Crippen molar-refractivity contribution < 1.29 is 52.4 Å². The van der Waals surface area contributed by atoms with Crippen LogP contribution in [-0.2, 0) is 16.0 Å². The molecule has 1 heterocycles. The van der Waals surface area contributed by atoms with Crippen LogP contribution < -0.4 is 44.5 Å². The monoisotopic (exact) mass is 780 g/mol.